The first kappa shape index (κ1) is 19.0. The molecule has 1 N–H and O–H groups in total. The number of benzene rings is 2. The van der Waals surface area contributed by atoms with Crippen molar-refractivity contribution in [2.45, 2.75) is 32.0 Å². The molecule has 0 aliphatic heterocycles. The van der Waals surface area contributed by atoms with Crippen LogP contribution in [0.15, 0.2) is 64.8 Å². The van der Waals surface area contributed by atoms with Crippen LogP contribution >= 0.6 is 11.3 Å². The molecule has 5 nitrogen and oxygen atoms in total. The highest BCUT2D eigenvalue weighted by molar-refractivity contribution is 7.17. The second-order valence-electron chi connectivity index (χ2n) is 7.69. The first-order valence-corrected chi connectivity index (χ1v) is 11.0. The summed E-state index contributed by atoms with van der Waals surface area (Å²) in [5, 5.41) is 2.71. The highest BCUT2D eigenvalue weighted by Gasteiger charge is 2.29. The molecule has 5 rings (SSSR count). The Morgan fingerprint density at radius 2 is 1.87 bits per heavy atom. The molecule has 1 saturated carbocycles. The normalized spacial score (nSPS) is 13.8. The van der Waals surface area contributed by atoms with Crippen molar-refractivity contribution < 1.29 is 4.74 Å². The van der Waals surface area contributed by atoms with Crippen LogP contribution in [-0.2, 0) is 13.1 Å². The number of fused-ring (bicyclic) bond motifs is 1. The lowest BCUT2D eigenvalue weighted by Crippen LogP contribution is -2.27. The van der Waals surface area contributed by atoms with Crippen molar-refractivity contribution in [2.75, 3.05) is 7.11 Å². The van der Waals surface area contributed by atoms with Crippen molar-refractivity contribution in [3.63, 3.8) is 0 Å². The number of aromatic nitrogens is 2. The van der Waals surface area contributed by atoms with Gasteiger partial charge in [-0.3, -0.25) is 9.69 Å². The van der Waals surface area contributed by atoms with Crippen LogP contribution < -0.4 is 10.3 Å². The number of hydrogen-bond donors (Lipinski definition) is 1. The van der Waals surface area contributed by atoms with E-state index >= 15 is 0 Å². The lowest BCUT2D eigenvalue weighted by molar-refractivity contribution is 0.239. The molecule has 6 heteroatoms. The van der Waals surface area contributed by atoms with Gasteiger partial charge in [-0.05, 0) is 36.1 Å². The van der Waals surface area contributed by atoms with E-state index in [1.165, 1.54) is 29.7 Å². The highest BCUT2D eigenvalue weighted by atomic mass is 32.1. The van der Waals surface area contributed by atoms with Gasteiger partial charge < -0.3 is 9.72 Å². The standard InChI is InChI=1S/C24H23N3O2S/c1-29-19-11-7-16(8-12-19)13-27(18-9-10-18)14-21-25-23(28)22-20(15-30-24(22)26-21)17-5-3-2-4-6-17/h2-8,11-12,15,18H,9-10,13-14H2,1H3,(H,25,26,28). The molecule has 0 bridgehead atoms. The first-order valence-electron chi connectivity index (χ1n) is 10.1. The van der Waals surface area contributed by atoms with Gasteiger partial charge in [-0.2, -0.15) is 0 Å². The molecule has 2 aromatic heterocycles. The zero-order valence-electron chi connectivity index (χ0n) is 16.8. The van der Waals surface area contributed by atoms with E-state index in [0.717, 1.165) is 34.1 Å². The molecule has 1 aliphatic carbocycles. The maximum absolute atomic E-state index is 12.9. The van der Waals surface area contributed by atoms with Crippen LogP contribution in [0.25, 0.3) is 21.3 Å². The van der Waals surface area contributed by atoms with Gasteiger partial charge in [0.15, 0.2) is 0 Å². The second-order valence-corrected chi connectivity index (χ2v) is 8.55. The van der Waals surface area contributed by atoms with E-state index < -0.39 is 0 Å². The number of thiophene rings is 1. The third kappa shape index (κ3) is 3.88. The van der Waals surface area contributed by atoms with Crippen LogP contribution in [0, 0.1) is 0 Å². The van der Waals surface area contributed by atoms with Gasteiger partial charge >= 0.3 is 0 Å². The van der Waals surface area contributed by atoms with Crippen LogP contribution in [-0.4, -0.2) is 28.0 Å². The molecule has 0 unspecified atom stereocenters. The minimum absolute atomic E-state index is 0.0599. The molecule has 152 valence electrons. The molecule has 1 aliphatic rings. The summed E-state index contributed by atoms with van der Waals surface area (Å²) >= 11 is 1.53. The third-order valence-electron chi connectivity index (χ3n) is 5.54. The van der Waals surface area contributed by atoms with Gasteiger partial charge in [0.1, 0.15) is 16.4 Å². The Labute approximate surface area is 179 Å². The summed E-state index contributed by atoms with van der Waals surface area (Å²) in [6.45, 7) is 1.47. The minimum Gasteiger partial charge on any atom is -0.497 e. The van der Waals surface area contributed by atoms with Crippen LogP contribution in [0.3, 0.4) is 0 Å². The monoisotopic (exact) mass is 417 g/mol. The van der Waals surface area contributed by atoms with E-state index in [1.54, 1.807) is 7.11 Å². The van der Waals surface area contributed by atoms with E-state index in [2.05, 4.69) is 22.0 Å². The summed E-state index contributed by atoms with van der Waals surface area (Å²) in [5.41, 5.74) is 3.17. The predicted octanol–water partition coefficient (Wildman–Crippen LogP) is 4.82. The van der Waals surface area contributed by atoms with Crippen LogP contribution in [0.4, 0.5) is 0 Å². The molecule has 0 spiro atoms. The Bertz CT molecular complexity index is 1210. The van der Waals surface area contributed by atoms with E-state index in [0.29, 0.717) is 18.0 Å². The fourth-order valence-corrected chi connectivity index (χ4v) is 4.78. The highest BCUT2D eigenvalue weighted by Crippen LogP contribution is 2.32. The molecule has 4 aromatic rings. The number of ether oxygens (including phenoxy) is 1. The summed E-state index contributed by atoms with van der Waals surface area (Å²) in [6, 6.07) is 18.7. The molecule has 0 atom stereocenters. The average molecular weight is 418 g/mol. The number of nitrogens with one attached hydrogen (secondary N) is 1. The summed E-state index contributed by atoms with van der Waals surface area (Å²) in [6.07, 6.45) is 2.39. The van der Waals surface area contributed by atoms with Crippen molar-refractivity contribution in [1.82, 2.24) is 14.9 Å². The van der Waals surface area contributed by atoms with Crippen molar-refractivity contribution >= 4 is 21.6 Å². The predicted molar refractivity (Wildman–Crippen MR) is 121 cm³/mol. The van der Waals surface area contributed by atoms with E-state index in [1.807, 2.05) is 47.8 Å². The molecule has 2 aromatic carbocycles. The van der Waals surface area contributed by atoms with Crippen LogP contribution in [0.2, 0.25) is 0 Å². The number of hydrogen-bond acceptors (Lipinski definition) is 5. The Kier molecular flexibility index (Phi) is 5.11. The van der Waals surface area contributed by atoms with Crippen molar-refractivity contribution in [3.8, 4) is 16.9 Å². The fourth-order valence-electron chi connectivity index (χ4n) is 3.81. The van der Waals surface area contributed by atoms with Crippen molar-refractivity contribution in [1.29, 1.82) is 0 Å². The number of aromatic amines is 1. The van der Waals surface area contributed by atoms with Crippen LogP contribution in [0.1, 0.15) is 24.2 Å². The molecule has 0 radical (unpaired) electrons. The number of rotatable bonds is 7. The van der Waals surface area contributed by atoms with Gasteiger partial charge in [0, 0.05) is 23.5 Å². The SMILES string of the molecule is COc1ccc(CN(Cc2nc3scc(-c4ccccc4)c3c(=O)[nH]2)C2CC2)cc1. The first-order chi connectivity index (χ1) is 14.7. The summed E-state index contributed by atoms with van der Waals surface area (Å²) in [5.74, 6) is 1.59. The Morgan fingerprint density at radius 1 is 1.10 bits per heavy atom. The molecule has 2 heterocycles. The fraction of sp³-hybridized carbons (Fsp3) is 0.250. The van der Waals surface area contributed by atoms with Gasteiger partial charge in [0.2, 0.25) is 0 Å². The van der Waals surface area contributed by atoms with E-state index in [9.17, 15) is 4.79 Å². The molecular formula is C24H23N3O2S. The smallest absolute Gasteiger partial charge is 0.260 e. The molecule has 1 fully saturated rings. The summed E-state index contributed by atoms with van der Waals surface area (Å²) in [7, 11) is 1.68. The zero-order chi connectivity index (χ0) is 20.5. The third-order valence-corrected chi connectivity index (χ3v) is 6.41. The number of H-pyrrole nitrogens is 1. The Morgan fingerprint density at radius 3 is 2.57 bits per heavy atom. The average Bonchev–Trinajstić information content (AvgIpc) is 3.53. The van der Waals surface area contributed by atoms with Crippen LogP contribution in [0.5, 0.6) is 5.75 Å². The van der Waals surface area contributed by atoms with Crippen molar-refractivity contribution in [3.05, 3.63) is 81.7 Å². The number of nitrogens with zero attached hydrogens (tertiary/aromatic N) is 2. The quantitative estimate of drug-likeness (QED) is 0.468. The van der Waals surface area contributed by atoms with E-state index in [4.69, 9.17) is 9.72 Å². The summed E-state index contributed by atoms with van der Waals surface area (Å²) < 4.78 is 5.26. The molecule has 0 amide bonds. The number of methoxy groups -OCH3 is 1. The van der Waals surface area contributed by atoms with E-state index in [-0.39, 0.29) is 5.56 Å². The second kappa shape index (κ2) is 8.05. The minimum atomic E-state index is -0.0599. The Balaban J connectivity index is 1.41. The summed E-state index contributed by atoms with van der Waals surface area (Å²) in [4.78, 5) is 24.0. The van der Waals surface area contributed by atoms with Gasteiger partial charge in [-0.25, -0.2) is 4.98 Å². The topological polar surface area (TPSA) is 58.2 Å². The van der Waals surface area contributed by atoms with Gasteiger partial charge in [0.05, 0.1) is 19.0 Å². The maximum atomic E-state index is 12.9. The lowest BCUT2D eigenvalue weighted by Gasteiger charge is -2.21. The molecular weight excluding hydrogens is 394 g/mol. The largest absolute Gasteiger partial charge is 0.497 e. The lowest BCUT2D eigenvalue weighted by atomic mass is 10.1. The van der Waals surface area contributed by atoms with Gasteiger partial charge in [-0.1, -0.05) is 42.5 Å². The zero-order valence-corrected chi connectivity index (χ0v) is 17.6. The maximum Gasteiger partial charge on any atom is 0.260 e. The van der Waals surface area contributed by atoms with Gasteiger partial charge in [0.25, 0.3) is 5.56 Å². The molecule has 0 saturated heterocycles. The van der Waals surface area contributed by atoms with Gasteiger partial charge in [-0.15, -0.1) is 11.3 Å². The molecule has 30 heavy (non-hydrogen) atoms. The van der Waals surface area contributed by atoms with Crippen molar-refractivity contribution in [2.24, 2.45) is 0 Å². The Hall–Kier alpha value is -2.96.